The standard InChI is InChI=1S/C8H15ClN4O/c1-3-4-7(6-14-2)13-8(5-9)10-11-12-13/h7H,3-6H2,1-2H3. The minimum absolute atomic E-state index is 0.189. The number of aromatic nitrogens is 4. The number of hydrogen-bond donors (Lipinski definition) is 0. The van der Waals surface area contributed by atoms with E-state index in [4.69, 9.17) is 16.3 Å². The zero-order valence-electron chi connectivity index (χ0n) is 8.48. The average molecular weight is 219 g/mol. The lowest BCUT2D eigenvalue weighted by Gasteiger charge is -2.15. The maximum absolute atomic E-state index is 5.71. The Morgan fingerprint density at radius 3 is 2.93 bits per heavy atom. The second kappa shape index (κ2) is 5.93. The van der Waals surface area contributed by atoms with Gasteiger partial charge in [0, 0.05) is 7.11 Å². The summed E-state index contributed by atoms with van der Waals surface area (Å²) in [5, 5.41) is 11.4. The van der Waals surface area contributed by atoms with E-state index in [2.05, 4.69) is 22.4 Å². The largest absolute Gasteiger partial charge is 0.382 e. The molecule has 1 aromatic rings. The Morgan fingerprint density at radius 1 is 1.57 bits per heavy atom. The van der Waals surface area contributed by atoms with Crippen molar-refractivity contribution in [3.8, 4) is 0 Å². The Labute approximate surface area is 88.4 Å². The van der Waals surface area contributed by atoms with Gasteiger partial charge in [0.1, 0.15) is 0 Å². The van der Waals surface area contributed by atoms with Gasteiger partial charge in [-0.25, -0.2) is 4.68 Å². The maximum Gasteiger partial charge on any atom is 0.166 e. The number of hydrogen-bond acceptors (Lipinski definition) is 4. The van der Waals surface area contributed by atoms with E-state index in [1.807, 2.05) is 0 Å². The van der Waals surface area contributed by atoms with E-state index < -0.39 is 0 Å². The summed E-state index contributed by atoms with van der Waals surface area (Å²) in [5.74, 6) is 1.03. The van der Waals surface area contributed by atoms with E-state index in [0.29, 0.717) is 18.3 Å². The predicted molar refractivity (Wildman–Crippen MR) is 53.2 cm³/mol. The number of tetrazole rings is 1. The van der Waals surface area contributed by atoms with Gasteiger partial charge in [0.15, 0.2) is 5.82 Å². The normalized spacial score (nSPS) is 13.1. The Bertz CT molecular complexity index is 260. The molecule has 0 amide bonds. The van der Waals surface area contributed by atoms with E-state index in [1.165, 1.54) is 0 Å². The third kappa shape index (κ3) is 2.65. The monoisotopic (exact) mass is 218 g/mol. The van der Waals surface area contributed by atoms with Crippen LogP contribution in [0.3, 0.4) is 0 Å². The number of alkyl halides is 1. The lowest BCUT2D eigenvalue weighted by molar-refractivity contribution is 0.142. The van der Waals surface area contributed by atoms with Crippen LogP contribution in [0.15, 0.2) is 0 Å². The Hall–Kier alpha value is -0.680. The van der Waals surface area contributed by atoms with Crippen LogP contribution in [0.2, 0.25) is 0 Å². The molecule has 0 saturated carbocycles. The molecule has 1 unspecified atom stereocenters. The fourth-order valence-corrected chi connectivity index (χ4v) is 1.56. The van der Waals surface area contributed by atoms with E-state index in [-0.39, 0.29) is 6.04 Å². The molecule has 6 heteroatoms. The number of ether oxygens (including phenoxy) is 1. The lowest BCUT2D eigenvalue weighted by Crippen LogP contribution is -2.18. The maximum atomic E-state index is 5.71. The van der Waals surface area contributed by atoms with E-state index in [9.17, 15) is 0 Å². The summed E-state index contributed by atoms with van der Waals surface area (Å²) in [6.45, 7) is 2.73. The minimum atomic E-state index is 0.189. The summed E-state index contributed by atoms with van der Waals surface area (Å²) in [4.78, 5) is 0. The number of rotatable bonds is 6. The minimum Gasteiger partial charge on any atom is -0.382 e. The first-order valence-electron chi connectivity index (χ1n) is 4.65. The molecule has 0 bridgehead atoms. The van der Waals surface area contributed by atoms with Crippen LogP contribution < -0.4 is 0 Å². The molecule has 0 N–H and O–H groups in total. The molecule has 80 valence electrons. The van der Waals surface area contributed by atoms with Gasteiger partial charge >= 0.3 is 0 Å². The summed E-state index contributed by atoms with van der Waals surface area (Å²) in [6, 6.07) is 0.189. The molecular formula is C8H15ClN4O. The Morgan fingerprint density at radius 2 is 2.36 bits per heavy atom. The van der Waals surface area contributed by atoms with Gasteiger partial charge in [0.2, 0.25) is 0 Å². The molecule has 0 aromatic carbocycles. The van der Waals surface area contributed by atoms with Crippen molar-refractivity contribution in [1.82, 2.24) is 20.2 Å². The van der Waals surface area contributed by atoms with E-state index in [1.54, 1.807) is 11.8 Å². The summed E-state index contributed by atoms with van der Waals surface area (Å²) < 4.78 is 6.87. The molecule has 1 heterocycles. The number of halogens is 1. The molecule has 0 saturated heterocycles. The highest BCUT2D eigenvalue weighted by molar-refractivity contribution is 6.16. The number of nitrogens with zero attached hydrogens (tertiary/aromatic N) is 4. The van der Waals surface area contributed by atoms with Crippen LogP contribution >= 0.6 is 11.6 Å². The zero-order valence-corrected chi connectivity index (χ0v) is 9.24. The van der Waals surface area contributed by atoms with Gasteiger partial charge in [0.05, 0.1) is 18.5 Å². The van der Waals surface area contributed by atoms with Crippen molar-refractivity contribution in [3.05, 3.63) is 5.82 Å². The topological polar surface area (TPSA) is 52.8 Å². The van der Waals surface area contributed by atoms with Crippen molar-refractivity contribution in [2.75, 3.05) is 13.7 Å². The highest BCUT2D eigenvalue weighted by atomic mass is 35.5. The van der Waals surface area contributed by atoms with Crippen molar-refractivity contribution < 1.29 is 4.74 Å². The van der Waals surface area contributed by atoms with Crippen molar-refractivity contribution in [2.45, 2.75) is 31.7 Å². The molecule has 1 rings (SSSR count). The van der Waals surface area contributed by atoms with Crippen LogP contribution in [0.25, 0.3) is 0 Å². The summed E-state index contributed by atoms with van der Waals surface area (Å²) in [5.41, 5.74) is 0. The predicted octanol–water partition coefficient (Wildman–Crippen LogP) is 1.40. The first-order valence-corrected chi connectivity index (χ1v) is 5.18. The van der Waals surface area contributed by atoms with Gasteiger partial charge in [-0.15, -0.1) is 16.7 Å². The number of methoxy groups -OCH3 is 1. The van der Waals surface area contributed by atoms with Crippen molar-refractivity contribution in [1.29, 1.82) is 0 Å². The first kappa shape index (κ1) is 11.4. The summed E-state index contributed by atoms with van der Waals surface area (Å²) in [6.07, 6.45) is 2.05. The lowest BCUT2D eigenvalue weighted by atomic mass is 10.2. The van der Waals surface area contributed by atoms with Gasteiger partial charge in [-0.05, 0) is 16.8 Å². The quantitative estimate of drug-likeness (QED) is 0.678. The highest BCUT2D eigenvalue weighted by Gasteiger charge is 2.15. The second-order valence-electron chi connectivity index (χ2n) is 3.07. The van der Waals surface area contributed by atoms with Crippen LogP contribution in [0.1, 0.15) is 31.6 Å². The van der Waals surface area contributed by atoms with Gasteiger partial charge in [-0.2, -0.15) is 0 Å². The van der Waals surface area contributed by atoms with Gasteiger partial charge in [0.25, 0.3) is 0 Å². The molecule has 1 aromatic heterocycles. The molecule has 14 heavy (non-hydrogen) atoms. The molecule has 0 aliphatic carbocycles. The smallest absolute Gasteiger partial charge is 0.166 e. The van der Waals surface area contributed by atoms with Crippen LogP contribution in [-0.2, 0) is 10.6 Å². The molecule has 0 spiro atoms. The summed E-state index contributed by atoms with van der Waals surface area (Å²) >= 11 is 5.71. The first-order chi connectivity index (χ1) is 6.83. The second-order valence-corrected chi connectivity index (χ2v) is 3.34. The van der Waals surface area contributed by atoms with Gasteiger partial charge < -0.3 is 4.74 Å². The van der Waals surface area contributed by atoms with Crippen molar-refractivity contribution >= 4 is 11.6 Å². The van der Waals surface area contributed by atoms with E-state index >= 15 is 0 Å². The molecule has 0 fully saturated rings. The van der Waals surface area contributed by atoms with Crippen LogP contribution in [-0.4, -0.2) is 33.9 Å². The third-order valence-corrected chi connectivity index (χ3v) is 2.25. The van der Waals surface area contributed by atoms with Gasteiger partial charge in [-0.3, -0.25) is 0 Å². The SMILES string of the molecule is CCCC(COC)n1nnnc1CCl. The molecule has 0 radical (unpaired) electrons. The van der Waals surface area contributed by atoms with Gasteiger partial charge in [-0.1, -0.05) is 13.3 Å². The molecule has 5 nitrogen and oxygen atoms in total. The zero-order chi connectivity index (χ0) is 10.4. The molecular weight excluding hydrogens is 204 g/mol. The fourth-order valence-electron chi connectivity index (χ4n) is 1.39. The molecule has 0 aliphatic rings. The van der Waals surface area contributed by atoms with Crippen molar-refractivity contribution in [3.63, 3.8) is 0 Å². The Balaban J connectivity index is 2.75. The van der Waals surface area contributed by atoms with Crippen LogP contribution in [0, 0.1) is 0 Å². The molecule has 1 atom stereocenters. The van der Waals surface area contributed by atoms with Crippen LogP contribution in [0.5, 0.6) is 0 Å². The highest BCUT2D eigenvalue weighted by Crippen LogP contribution is 2.14. The van der Waals surface area contributed by atoms with E-state index in [0.717, 1.165) is 12.8 Å². The van der Waals surface area contributed by atoms with Crippen LogP contribution in [0.4, 0.5) is 0 Å². The summed E-state index contributed by atoms with van der Waals surface area (Å²) in [7, 11) is 1.67. The third-order valence-electron chi connectivity index (χ3n) is 2.01. The molecule has 0 aliphatic heterocycles. The fraction of sp³-hybridized carbons (Fsp3) is 0.875. The average Bonchev–Trinajstić information content (AvgIpc) is 2.65. The Kier molecular flexibility index (Phi) is 4.82. The van der Waals surface area contributed by atoms with Crippen molar-refractivity contribution in [2.24, 2.45) is 0 Å².